The largest absolute Gasteiger partial charge is 0.497 e. The van der Waals surface area contributed by atoms with Crippen LogP contribution >= 0.6 is 0 Å². The molecule has 0 heterocycles. The fourth-order valence-electron chi connectivity index (χ4n) is 2.24. The van der Waals surface area contributed by atoms with Gasteiger partial charge in [-0.2, -0.15) is 0 Å². The summed E-state index contributed by atoms with van der Waals surface area (Å²) < 4.78 is 15.5. The van der Waals surface area contributed by atoms with Crippen molar-refractivity contribution in [3.63, 3.8) is 0 Å². The van der Waals surface area contributed by atoms with E-state index in [1.54, 1.807) is 39.5 Å². The minimum absolute atomic E-state index is 0.0819. The molecule has 0 fully saturated rings. The summed E-state index contributed by atoms with van der Waals surface area (Å²) in [5.74, 6) is 2.14. The standard InChI is InChI=1S/C18H23N3O4/c1-23-13-6-4-12(5-7-13)21-18(19)20-11-16(22)15-10-14(24-2)8-9-17(15)25-3/h4-10,16,22H,11H2,1-3H3,(H3,19,20,21). The minimum atomic E-state index is -0.874. The minimum Gasteiger partial charge on any atom is -0.497 e. The Morgan fingerprint density at radius 2 is 1.68 bits per heavy atom. The molecule has 0 aliphatic rings. The smallest absolute Gasteiger partial charge is 0.193 e. The number of rotatable bonds is 7. The fraction of sp³-hybridized carbons (Fsp3) is 0.278. The topological polar surface area (TPSA) is 98.3 Å². The monoisotopic (exact) mass is 345 g/mol. The molecule has 0 bridgehead atoms. The molecule has 7 heteroatoms. The highest BCUT2D eigenvalue weighted by Gasteiger charge is 2.14. The van der Waals surface area contributed by atoms with Crippen molar-refractivity contribution in [2.75, 3.05) is 33.2 Å². The Hall–Kier alpha value is -2.93. The zero-order chi connectivity index (χ0) is 18.2. The van der Waals surface area contributed by atoms with Crippen molar-refractivity contribution in [2.24, 2.45) is 10.7 Å². The van der Waals surface area contributed by atoms with Crippen LogP contribution < -0.4 is 25.3 Å². The zero-order valence-corrected chi connectivity index (χ0v) is 14.5. The molecule has 2 aromatic carbocycles. The molecular formula is C18H23N3O4. The molecule has 0 aliphatic heterocycles. The van der Waals surface area contributed by atoms with E-state index in [0.29, 0.717) is 17.1 Å². The molecule has 2 aromatic rings. The van der Waals surface area contributed by atoms with Gasteiger partial charge in [0.1, 0.15) is 23.4 Å². The Bertz CT molecular complexity index is 717. The van der Waals surface area contributed by atoms with Crippen LogP contribution in [0.4, 0.5) is 5.69 Å². The molecule has 0 amide bonds. The first kappa shape index (κ1) is 18.4. The fourth-order valence-corrected chi connectivity index (χ4v) is 2.24. The van der Waals surface area contributed by atoms with E-state index in [9.17, 15) is 5.11 Å². The zero-order valence-electron chi connectivity index (χ0n) is 14.5. The highest BCUT2D eigenvalue weighted by atomic mass is 16.5. The molecule has 0 aromatic heterocycles. The molecule has 4 N–H and O–H groups in total. The lowest BCUT2D eigenvalue weighted by Gasteiger charge is -2.15. The highest BCUT2D eigenvalue weighted by Crippen LogP contribution is 2.29. The molecule has 25 heavy (non-hydrogen) atoms. The Kier molecular flexibility index (Phi) is 6.47. The van der Waals surface area contributed by atoms with Crippen LogP contribution in [-0.2, 0) is 0 Å². The summed E-state index contributed by atoms with van der Waals surface area (Å²) in [5.41, 5.74) is 7.23. The van der Waals surface area contributed by atoms with Gasteiger partial charge in [-0.3, -0.25) is 4.99 Å². The second kappa shape index (κ2) is 8.79. The van der Waals surface area contributed by atoms with Crippen molar-refractivity contribution >= 4 is 11.6 Å². The highest BCUT2D eigenvalue weighted by molar-refractivity contribution is 5.92. The lowest BCUT2D eigenvalue weighted by Crippen LogP contribution is -2.23. The predicted octanol–water partition coefficient (Wildman–Crippen LogP) is 2.17. The van der Waals surface area contributed by atoms with E-state index in [1.807, 2.05) is 24.3 Å². The van der Waals surface area contributed by atoms with Crippen LogP contribution in [0.2, 0.25) is 0 Å². The quantitative estimate of drug-likeness (QED) is 0.525. The maximum atomic E-state index is 10.4. The summed E-state index contributed by atoms with van der Waals surface area (Å²) in [6, 6.07) is 12.5. The Labute approximate surface area is 147 Å². The number of anilines is 1. The number of guanidine groups is 1. The Morgan fingerprint density at radius 3 is 2.28 bits per heavy atom. The van der Waals surface area contributed by atoms with Gasteiger partial charge in [0.05, 0.1) is 27.9 Å². The number of ether oxygens (including phenoxy) is 3. The van der Waals surface area contributed by atoms with Gasteiger partial charge in [-0.25, -0.2) is 0 Å². The van der Waals surface area contributed by atoms with Crippen LogP contribution in [0.5, 0.6) is 17.2 Å². The molecule has 7 nitrogen and oxygen atoms in total. The first-order valence-corrected chi connectivity index (χ1v) is 7.68. The van der Waals surface area contributed by atoms with Gasteiger partial charge < -0.3 is 30.4 Å². The van der Waals surface area contributed by atoms with Crippen molar-refractivity contribution in [2.45, 2.75) is 6.10 Å². The second-order valence-electron chi connectivity index (χ2n) is 5.20. The summed E-state index contributed by atoms with van der Waals surface area (Å²) in [6.45, 7) is 0.0819. The Morgan fingerprint density at radius 1 is 1.04 bits per heavy atom. The lowest BCUT2D eigenvalue weighted by molar-refractivity contribution is 0.182. The van der Waals surface area contributed by atoms with E-state index in [-0.39, 0.29) is 12.5 Å². The number of hydrogen-bond acceptors (Lipinski definition) is 5. The van der Waals surface area contributed by atoms with Gasteiger partial charge in [0.15, 0.2) is 5.96 Å². The number of aliphatic hydroxyl groups is 1. The second-order valence-corrected chi connectivity index (χ2v) is 5.20. The van der Waals surface area contributed by atoms with E-state index < -0.39 is 6.10 Å². The van der Waals surface area contributed by atoms with E-state index in [1.165, 1.54) is 0 Å². The van der Waals surface area contributed by atoms with Crippen LogP contribution in [0.1, 0.15) is 11.7 Å². The number of benzene rings is 2. The van der Waals surface area contributed by atoms with Gasteiger partial charge in [-0.1, -0.05) is 0 Å². The molecule has 134 valence electrons. The van der Waals surface area contributed by atoms with E-state index in [0.717, 1.165) is 11.4 Å². The SMILES string of the molecule is COc1ccc(NC(N)=NCC(O)c2cc(OC)ccc2OC)cc1. The summed E-state index contributed by atoms with van der Waals surface area (Å²) >= 11 is 0. The van der Waals surface area contributed by atoms with Crippen molar-refractivity contribution < 1.29 is 19.3 Å². The maximum absolute atomic E-state index is 10.4. The number of methoxy groups -OCH3 is 3. The molecule has 0 saturated carbocycles. The lowest BCUT2D eigenvalue weighted by atomic mass is 10.1. The molecular weight excluding hydrogens is 322 g/mol. The van der Waals surface area contributed by atoms with Crippen molar-refractivity contribution in [1.29, 1.82) is 0 Å². The Balaban J connectivity index is 2.04. The molecule has 0 radical (unpaired) electrons. The molecule has 2 rings (SSSR count). The average Bonchev–Trinajstić information content (AvgIpc) is 2.66. The van der Waals surface area contributed by atoms with Crippen LogP contribution in [0.25, 0.3) is 0 Å². The van der Waals surface area contributed by atoms with Crippen LogP contribution in [0.3, 0.4) is 0 Å². The van der Waals surface area contributed by atoms with Gasteiger partial charge in [0, 0.05) is 11.3 Å². The van der Waals surface area contributed by atoms with Crippen LogP contribution in [0.15, 0.2) is 47.5 Å². The van der Waals surface area contributed by atoms with Crippen molar-refractivity contribution in [3.8, 4) is 17.2 Å². The summed E-state index contributed by atoms with van der Waals surface area (Å²) in [5, 5.41) is 13.3. The number of nitrogens with two attached hydrogens (primary N) is 1. The van der Waals surface area contributed by atoms with Gasteiger partial charge >= 0.3 is 0 Å². The van der Waals surface area contributed by atoms with Crippen molar-refractivity contribution in [3.05, 3.63) is 48.0 Å². The third-order valence-corrected chi connectivity index (χ3v) is 3.59. The number of hydrogen-bond donors (Lipinski definition) is 3. The molecule has 0 spiro atoms. The van der Waals surface area contributed by atoms with Crippen LogP contribution in [0, 0.1) is 0 Å². The van der Waals surface area contributed by atoms with Crippen molar-refractivity contribution in [1.82, 2.24) is 0 Å². The summed E-state index contributed by atoms with van der Waals surface area (Å²) in [7, 11) is 4.71. The first-order valence-electron chi connectivity index (χ1n) is 7.68. The summed E-state index contributed by atoms with van der Waals surface area (Å²) in [4.78, 5) is 4.17. The van der Waals surface area contributed by atoms with Crippen LogP contribution in [-0.4, -0.2) is 38.9 Å². The normalized spacial score (nSPS) is 12.4. The van der Waals surface area contributed by atoms with E-state index in [2.05, 4.69) is 10.3 Å². The van der Waals surface area contributed by atoms with E-state index in [4.69, 9.17) is 19.9 Å². The first-order chi connectivity index (χ1) is 12.1. The maximum Gasteiger partial charge on any atom is 0.193 e. The van der Waals surface area contributed by atoms with Gasteiger partial charge in [-0.15, -0.1) is 0 Å². The third kappa shape index (κ3) is 5.02. The number of aliphatic hydroxyl groups excluding tert-OH is 1. The van der Waals surface area contributed by atoms with Gasteiger partial charge in [0.2, 0.25) is 0 Å². The molecule has 0 aliphatic carbocycles. The van der Waals surface area contributed by atoms with E-state index >= 15 is 0 Å². The number of nitrogens with one attached hydrogen (secondary N) is 1. The molecule has 1 unspecified atom stereocenters. The molecule has 1 atom stereocenters. The molecule has 0 saturated heterocycles. The predicted molar refractivity (Wildman–Crippen MR) is 97.6 cm³/mol. The summed E-state index contributed by atoms with van der Waals surface area (Å²) in [6.07, 6.45) is -0.874. The van der Waals surface area contributed by atoms with Gasteiger partial charge in [0.25, 0.3) is 0 Å². The average molecular weight is 345 g/mol. The van der Waals surface area contributed by atoms with Gasteiger partial charge in [-0.05, 0) is 42.5 Å². The third-order valence-electron chi connectivity index (χ3n) is 3.59. The number of nitrogens with zero attached hydrogens (tertiary/aromatic N) is 1. The number of aliphatic imine (C=N–C) groups is 1.